The Labute approximate surface area is 122 Å². The largest absolute Gasteiger partial charge is 0.456 e. The lowest BCUT2D eigenvalue weighted by Gasteiger charge is -2.15. The summed E-state index contributed by atoms with van der Waals surface area (Å²) in [6.07, 6.45) is 0. The van der Waals surface area contributed by atoms with E-state index in [1.807, 2.05) is 36.4 Å². The first-order valence-corrected chi connectivity index (χ1v) is 7.25. The van der Waals surface area contributed by atoms with Crippen LogP contribution in [0, 0.1) is 0 Å². The lowest BCUT2D eigenvalue weighted by Crippen LogP contribution is -2.17. The predicted octanol–water partition coefficient (Wildman–Crippen LogP) is 4.91. The third-order valence-electron chi connectivity index (χ3n) is 2.94. The zero-order valence-corrected chi connectivity index (χ0v) is 12.8. The van der Waals surface area contributed by atoms with E-state index in [2.05, 4.69) is 47.2 Å². The summed E-state index contributed by atoms with van der Waals surface area (Å²) >= 11 is 3.57. The molecule has 0 saturated carbocycles. The Balaban J connectivity index is 2.15. The van der Waals surface area contributed by atoms with E-state index in [1.165, 1.54) is 5.56 Å². The van der Waals surface area contributed by atoms with Crippen LogP contribution in [0.2, 0.25) is 0 Å². The number of benzene rings is 2. The molecule has 1 atom stereocenters. The molecule has 3 heteroatoms. The van der Waals surface area contributed by atoms with Crippen molar-refractivity contribution in [2.24, 2.45) is 0 Å². The fraction of sp³-hybridized carbons (Fsp3) is 0.250. The maximum absolute atomic E-state index is 5.84. The van der Waals surface area contributed by atoms with E-state index in [-0.39, 0.29) is 0 Å². The first kappa shape index (κ1) is 14.1. The Kier molecular flexibility index (Phi) is 5.00. The quantitative estimate of drug-likeness (QED) is 0.845. The SMILES string of the molecule is CCNC(C)c1ccc(Oc2ccccc2)c(Br)c1. The van der Waals surface area contributed by atoms with E-state index >= 15 is 0 Å². The Hall–Kier alpha value is -1.32. The van der Waals surface area contributed by atoms with Crippen LogP contribution >= 0.6 is 15.9 Å². The van der Waals surface area contributed by atoms with Crippen molar-refractivity contribution in [3.05, 3.63) is 58.6 Å². The molecule has 0 aliphatic carbocycles. The second-order valence-corrected chi connectivity index (χ2v) is 5.24. The lowest BCUT2D eigenvalue weighted by atomic mass is 10.1. The van der Waals surface area contributed by atoms with Gasteiger partial charge in [-0.3, -0.25) is 0 Å². The highest BCUT2D eigenvalue weighted by Crippen LogP contribution is 2.31. The predicted molar refractivity (Wildman–Crippen MR) is 82.7 cm³/mol. The van der Waals surface area contributed by atoms with Crippen molar-refractivity contribution in [2.45, 2.75) is 19.9 Å². The summed E-state index contributed by atoms with van der Waals surface area (Å²) in [5.74, 6) is 1.68. The first-order valence-electron chi connectivity index (χ1n) is 6.46. The number of ether oxygens (including phenoxy) is 1. The second-order valence-electron chi connectivity index (χ2n) is 4.38. The highest BCUT2D eigenvalue weighted by Gasteiger charge is 2.08. The number of nitrogens with one attached hydrogen (secondary N) is 1. The fourth-order valence-corrected chi connectivity index (χ4v) is 2.39. The van der Waals surface area contributed by atoms with Crippen LogP contribution in [0.25, 0.3) is 0 Å². The van der Waals surface area contributed by atoms with Gasteiger partial charge in [-0.2, -0.15) is 0 Å². The Morgan fingerprint density at radius 2 is 1.89 bits per heavy atom. The average molecular weight is 320 g/mol. The highest BCUT2D eigenvalue weighted by molar-refractivity contribution is 9.10. The van der Waals surface area contributed by atoms with Crippen LogP contribution in [0.5, 0.6) is 11.5 Å². The molecule has 1 unspecified atom stereocenters. The van der Waals surface area contributed by atoms with Crippen LogP contribution in [0.3, 0.4) is 0 Å². The van der Waals surface area contributed by atoms with E-state index in [0.717, 1.165) is 22.5 Å². The van der Waals surface area contributed by atoms with Gasteiger partial charge in [0.1, 0.15) is 11.5 Å². The monoisotopic (exact) mass is 319 g/mol. The fourth-order valence-electron chi connectivity index (χ4n) is 1.91. The molecule has 0 amide bonds. The molecule has 0 saturated heterocycles. The van der Waals surface area contributed by atoms with Gasteiger partial charge in [0.05, 0.1) is 4.47 Å². The minimum Gasteiger partial charge on any atom is -0.456 e. The van der Waals surface area contributed by atoms with Crippen LogP contribution < -0.4 is 10.1 Å². The molecule has 1 N–H and O–H groups in total. The topological polar surface area (TPSA) is 21.3 Å². The molecule has 2 nitrogen and oxygen atoms in total. The molecule has 0 bridgehead atoms. The van der Waals surface area contributed by atoms with Crippen molar-refractivity contribution in [3.8, 4) is 11.5 Å². The van der Waals surface area contributed by atoms with Crippen molar-refractivity contribution in [2.75, 3.05) is 6.54 Å². The molecule has 2 aromatic rings. The molecule has 0 heterocycles. The normalized spacial score (nSPS) is 12.2. The van der Waals surface area contributed by atoms with E-state index in [4.69, 9.17) is 4.74 Å². The summed E-state index contributed by atoms with van der Waals surface area (Å²) in [5, 5.41) is 3.40. The Bertz CT molecular complexity index is 528. The van der Waals surface area contributed by atoms with Crippen LogP contribution in [-0.4, -0.2) is 6.54 Å². The molecule has 0 aliphatic rings. The smallest absolute Gasteiger partial charge is 0.141 e. The summed E-state index contributed by atoms with van der Waals surface area (Å²) < 4.78 is 6.81. The summed E-state index contributed by atoms with van der Waals surface area (Å²) in [6, 6.07) is 16.3. The Morgan fingerprint density at radius 1 is 1.16 bits per heavy atom. The van der Waals surface area contributed by atoms with E-state index in [1.54, 1.807) is 0 Å². The van der Waals surface area contributed by atoms with Crippen molar-refractivity contribution >= 4 is 15.9 Å². The number of hydrogen-bond acceptors (Lipinski definition) is 2. The molecule has 100 valence electrons. The van der Waals surface area contributed by atoms with Gasteiger partial charge in [0.15, 0.2) is 0 Å². The van der Waals surface area contributed by atoms with Gasteiger partial charge in [0.2, 0.25) is 0 Å². The van der Waals surface area contributed by atoms with Gasteiger partial charge in [-0.1, -0.05) is 31.2 Å². The molecule has 2 rings (SSSR count). The lowest BCUT2D eigenvalue weighted by molar-refractivity contribution is 0.478. The van der Waals surface area contributed by atoms with Gasteiger partial charge < -0.3 is 10.1 Å². The van der Waals surface area contributed by atoms with Gasteiger partial charge in [-0.05, 0) is 59.2 Å². The highest BCUT2D eigenvalue weighted by atomic mass is 79.9. The first-order chi connectivity index (χ1) is 9.20. The van der Waals surface area contributed by atoms with Gasteiger partial charge in [-0.25, -0.2) is 0 Å². The molecule has 0 spiro atoms. The third-order valence-corrected chi connectivity index (χ3v) is 3.56. The maximum Gasteiger partial charge on any atom is 0.141 e. The summed E-state index contributed by atoms with van der Waals surface area (Å²) in [6.45, 7) is 5.22. The minimum atomic E-state index is 0.340. The van der Waals surface area contributed by atoms with E-state index in [0.29, 0.717) is 6.04 Å². The minimum absolute atomic E-state index is 0.340. The van der Waals surface area contributed by atoms with Gasteiger partial charge in [0, 0.05) is 6.04 Å². The summed E-state index contributed by atoms with van der Waals surface area (Å²) in [7, 11) is 0. The number of para-hydroxylation sites is 1. The van der Waals surface area contributed by atoms with Gasteiger partial charge in [-0.15, -0.1) is 0 Å². The van der Waals surface area contributed by atoms with E-state index in [9.17, 15) is 0 Å². The molecule has 0 fully saturated rings. The number of rotatable bonds is 5. The number of halogens is 1. The summed E-state index contributed by atoms with van der Waals surface area (Å²) in [5.41, 5.74) is 1.24. The maximum atomic E-state index is 5.84. The number of hydrogen-bond donors (Lipinski definition) is 1. The van der Waals surface area contributed by atoms with E-state index < -0.39 is 0 Å². The van der Waals surface area contributed by atoms with Crippen LogP contribution in [0.15, 0.2) is 53.0 Å². The molecule has 2 aromatic carbocycles. The molecule has 0 aliphatic heterocycles. The molecular weight excluding hydrogens is 302 g/mol. The van der Waals surface area contributed by atoms with Crippen LogP contribution in [0.1, 0.15) is 25.5 Å². The Morgan fingerprint density at radius 3 is 2.53 bits per heavy atom. The average Bonchev–Trinajstić information content (AvgIpc) is 2.42. The standard InChI is InChI=1S/C16H18BrNO/c1-3-18-12(2)13-9-10-16(15(17)11-13)19-14-7-5-4-6-8-14/h4-12,18H,3H2,1-2H3. The van der Waals surface area contributed by atoms with Crippen molar-refractivity contribution in [1.29, 1.82) is 0 Å². The van der Waals surface area contributed by atoms with Gasteiger partial charge in [0.25, 0.3) is 0 Å². The zero-order valence-electron chi connectivity index (χ0n) is 11.2. The second kappa shape index (κ2) is 6.73. The van der Waals surface area contributed by atoms with Crippen molar-refractivity contribution < 1.29 is 4.74 Å². The van der Waals surface area contributed by atoms with Crippen LogP contribution in [0.4, 0.5) is 0 Å². The van der Waals surface area contributed by atoms with Crippen molar-refractivity contribution in [1.82, 2.24) is 5.32 Å². The zero-order chi connectivity index (χ0) is 13.7. The third kappa shape index (κ3) is 3.82. The van der Waals surface area contributed by atoms with Crippen molar-refractivity contribution in [3.63, 3.8) is 0 Å². The van der Waals surface area contributed by atoms with Gasteiger partial charge >= 0.3 is 0 Å². The molecule has 0 aromatic heterocycles. The molecule has 0 radical (unpaired) electrons. The molecular formula is C16H18BrNO. The molecule has 19 heavy (non-hydrogen) atoms. The summed E-state index contributed by atoms with van der Waals surface area (Å²) in [4.78, 5) is 0. The van der Waals surface area contributed by atoms with Crippen LogP contribution in [-0.2, 0) is 0 Å².